The maximum Gasteiger partial charge on any atom is 0.244 e. The van der Waals surface area contributed by atoms with Gasteiger partial charge < -0.3 is 15.9 Å². The van der Waals surface area contributed by atoms with Gasteiger partial charge in [-0.1, -0.05) is 18.2 Å². The number of allylic oxidation sites excluding steroid dienone is 2. The Balaban J connectivity index is 2.47. The Bertz CT molecular complexity index is 516. The summed E-state index contributed by atoms with van der Waals surface area (Å²) in [5.41, 5.74) is 10.1. The Hall–Kier alpha value is -2.37. The summed E-state index contributed by atoms with van der Waals surface area (Å²) in [7, 11) is 0. The number of primary amides is 2. The molecule has 1 heterocycles. The fraction of sp³-hybridized carbons (Fsp3) is 0.182. The van der Waals surface area contributed by atoms with E-state index in [2.05, 4.69) is 4.98 Å². The number of amides is 2. The van der Waals surface area contributed by atoms with Gasteiger partial charge >= 0.3 is 0 Å². The molecule has 6 nitrogen and oxygen atoms in total. The number of oxazole rings is 1. The molecule has 0 saturated carbocycles. The van der Waals surface area contributed by atoms with Crippen LogP contribution in [0.3, 0.4) is 0 Å². The minimum absolute atomic E-state index is 0.0979. The third kappa shape index (κ3) is 1.73. The summed E-state index contributed by atoms with van der Waals surface area (Å²) in [6.07, 6.45) is 7.36. The highest BCUT2D eigenvalue weighted by atomic mass is 16.3. The molecule has 4 N–H and O–H groups in total. The van der Waals surface area contributed by atoms with E-state index in [-0.39, 0.29) is 6.42 Å². The van der Waals surface area contributed by atoms with Crippen LogP contribution < -0.4 is 11.5 Å². The molecule has 0 bridgehead atoms. The summed E-state index contributed by atoms with van der Waals surface area (Å²) in [6.45, 7) is 0. The molecule has 1 atom stereocenters. The zero-order valence-corrected chi connectivity index (χ0v) is 8.92. The van der Waals surface area contributed by atoms with E-state index in [1.54, 1.807) is 18.2 Å². The number of nitrogens with two attached hydrogens (primary N) is 2. The Labute approximate surface area is 97.0 Å². The van der Waals surface area contributed by atoms with Crippen LogP contribution in [-0.4, -0.2) is 16.8 Å². The number of carbonyl (C=O) groups excluding carboxylic acids is 2. The van der Waals surface area contributed by atoms with Crippen LogP contribution in [-0.2, 0) is 15.0 Å². The Morgan fingerprint density at radius 3 is 2.71 bits per heavy atom. The summed E-state index contributed by atoms with van der Waals surface area (Å²) >= 11 is 0. The quantitative estimate of drug-likeness (QED) is 0.750. The SMILES string of the molecule is NC(=O)C1=CC=CC(C(N)=O)(c2cocn2)C1. The van der Waals surface area contributed by atoms with Crippen LogP contribution in [0.1, 0.15) is 12.1 Å². The average molecular weight is 233 g/mol. The second-order valence-corrected chi connectivity index (χ2v) is 3.80. The van der Waals surface area contributed by atoms with Gasteiger partial charge in [-0.2, -0.15) is 0 Å². The lowest BCUT2D eigenvalue weighted by atomic mass is 9.75. The molecular formula is C11H11N3O3. The second-order valence-electron chi connectivity index (χ2n) is 3.80. The summed E-state index contributed by atoms with van der Waals surface area (Å²) in [5.74, 6) is -1.18. The van der Waals surface area contributed by atoms with Crippen molar-refractivity contribution in [2.75, 3.05) is 0 Å². The molecule has 6 heteroatoms. The van der Waals surface area contributed by atoms with Crippen LogP contribution in [0.15, 0.2) is 40.9 Å². The lowest BCUT2D eigenvalue weighted by Gasteiger charge is -2.27. The molecule has 2 amide bonds. The highest BCUT2D eigenvalue weighted by molar-refractivity contribution is 5.97. The van der Waals surface area contributed by atoms with Crippen LogP contribution in [0.4, 0.5) is 0 Å². The van der Waals surface area contributed by atoms with E-state index in [1.807, 2.05) is 0 Å². The van der Waals surface area contributed by atoms with E-state index in [1.165, 1.54) is 12.7 Å². The number of aromatic nitrogens is 1. The molecule has 0 aliphatic heterocycles. The molecule has 88 valence electrons. The lowest BCUT2D eigenvalue weighted by molar-refractivity contribution is -0.122. The van der Waals surface area contributed by atoms with Crippen molar-refractivity contribution in [3.8, 4) is 0 Å². The molecule has 1 aliphatic carbocycles. The molecule has 17 heavy (non-hydrogen) atoms. The molecule has 2 rings (SSSR count). The highest BCUT2D eigenvalue weighted by Crippen LogP contribution is 2.34. The van der Waals surface area contributed by atoms with E-state index in [0.717, 1.165) is 0 Å². The molecule has 1 aromatic rings. The first-order valence-electron chi connectivity index (χ1n) is 4.93. The summed E-state index contributed by atoms with van der Waals surface area (Å²) in [6, 6.07) is 0. The predicted octanol–water partition coefficient (Wildman–Crippen LogP) is -0.231. The maximum absolute atomic E-state index is 11.7. The third-order valence-electron chi connectivity index (χ3n) is 2.79. The topological polar surface area (TPSA) is 112 Å². The standard InChI is InChI=1S/C11H11N3O3/c12-9(15)7-2-1-3-11(4-7,10(13)16)8-5-17-6-14-8/h1-3,5-6H,4H2,(H2,12,15)(H2,13,16). The van der Waals surface area contributed by atoms with Gasteiger partial charge in [0.1, 0.15) is 11.7 Å². The van der Waals surface area contributed by atoms with Gasteiger partial charge in [0.2, 0.25) is 11.8 Å². The largest absolute Gasteiger partial charge is 0.451 e. The summed E-state index contributed by atoms with van der Waals surface area (Å²) in [4.78, 5) is 26.7. The van der Waals surface area contributed by atoms with Crippen molar-refractivity contribution in [3.63, 3.8) is 0 Å². The number of rotatable bonds is 3. The number of nitrogens with zero attached hydrogens (tertiary/aromatic N) is 1. The van der Waals surface area contributed by atoms with Crippen molar-refractivity contribution in [1.82, 2.24) is 4.98 Å². The first-order chi connectivity index (χ1) is 8.06. The van der Waals surface area contributed by atoms with Crippen molar-refractivity contribution >= 4 is 11.8 Å². The van der Waals surface area contributed by atoms with Crippen LogP contribution >= 0.6 is 0 Å². The molecule has 0 fully saturated rings. The van der Waals surface area contributed by atoms with Gasteiger partial charge in [0.15, 0.2) is 6.39 Å². The molecule has 0 radical (unpaired) electrons. The molecule has 1 unspecified atom stereocenters. The predicted molar refractivity (Wildman–Crippen MR) is 58.4 cm³/mol. The van der Waals surface area contributed by atoms with Crippen LogP contribution in [0.2, 0.25) is 0 Å². The van der Waals surface area contributed by atoms with Gasteiger partial charge in [-0.05, 0) is 0 Å². The van der Waals surface area contributed by atoms with E-state index in [4.69, 9.17) is 15.9 Å². The van der Waals surface area contributed by atoms with Crippen molar-refractivity contribution < 1.29 is 14.0 Å². The second kappa shape index (κ2) is 3.89. The van der Waals surface area contributed by atoms with Gasteiger partial charge in [-0.3, -0.25) is 9.59 Å². The molecular weight excluding hydrogens is 222 g/mol. The minimum atomic E-state index is -1.16. The van der Waals surface area contributed by atoms with Crippen molar-refractivity contribution in [2.45, 2.75) is 11.8 Å². The van der Waals surface area contributed by atoms with Crippen molar-refractivity contribution in [2.24, 2.45) is 11.5 Å². The smallest absolute Gasteiger partial charge is 0.244 e. The van der Waals surface area contributed by atoms with Crippen LogP contribution in [0.5, 0.6) is 0 Å². The lowest BCUT2D eigenvalue weighted by Crippen LogP contribution is -2.42. The molecule has 1 aromatic heterocycles. The summed E-state index contributed by atoms with van der Waals surface area (Å²) < 4.78 is 4.85. The Morgan fingerprint density at radius 2 is 2.18 bits per heavy atom. The average Bonchev–Trinajstić information content (AvgIpc) is 2.82. The molecule has 0 spiro atoms. The van der Waals surface area contributed by atoms with Crippen LogP contribution in [0, 0.1) is 0 Å². The number of hydrogen-bond donors (Lipinski definition) is 2. The minimum Gasteiger partial charge on any atom is -0.451 e. The fourth-order valence-corrected chi connectivity index (χ4v) is 1.82. The molecule has 0 aromatic carbocycles. The van der Waals surface area contributed by atoms with Gasteiger partial charge in [0.05, 0.1) is 5.69 Å². The van der Waals surface area contributed by atoms with Gasteiger partial charge in [0.25, 0.3) is 0 Å². The normalized spacial score (nSPS) is 23.2. The van der Waals surface area contributed by atoms with Gasteiger partial charge in [0, 0.05) is 12.0 Å². The third-order valence-corrected chi connectivity index (χ3v) is 2.79. The van der Waals surface area contributed by atoms with E-state index in [9.17, 15) is 9.59 Å². The first-order valence-corrected chi connectivity index (χ1v) is 4.93. The van der Waals surface area contributed by atoms with E-state index >= 15 is 0 Å². The highest BCUT2D eigenvalue weighted by Gasteiger charge is 2.41. The maximum atomic E-state index is 11.7. The van der Waals surface area contributed by atoms with Gasteiger partial charge in [-0.25, -0.2) is 4.98 Å². The molecule has 1 aliphatic rings. The first kappa shape index (κ1) is 11.1. The van der Waals surface area contributed by atoms with E-state index < -0.39 is 17.2 Å². The summed E-state index contributed by atoms with van der Waals surface area (Å²) in [5, 5.41) is 0. The fourth-order valence-electron chi connectivity index (χ4n) is 1.82. The van der Waals surface area contributed by atoms with Crippen LogP contribution in [0.25, 0.3) is 0 Å². The Kier molecular flexibility index (Phi) is 2.55. The van der Waals surface area contributed by atoms with Gasteiger partial charge in [-0.15, -0.1) is 0 Å². The molecule has 0 saturated heterocycles. The Morgan fingerprint density at radius 1 is 1.41 bits per heavy atom. The van der Waals surface area contributed by atoms with E-state index in [0.29, 0.717) is 11.3 Å². The monoisotopic (exact) mass is 233 g/mol. The number of hydrogen-bond acceptors (Lipinski definition) is 4. The zero-order chi connectivity index (χ0) is 12.5. The number of carbonyl (C=O) groups is 2. The van der Waals surface area contributed by atoms with Crippen molar-refractivity contribution in [1.29, 1.82) is 0 Å². The van der Waals surface area contributed by atoms with Crippen molar-refractivity contribution in [3.05, 3.63) is 42.2 Å². The zero-order valence-electron chi connectivity index (χ0n) is 8.92.